The Morgan fingerprint density at radius 1 is 1.15 bits per heavy atom. The van der Waals surface area contributed by atoms with Crippen molar-refractivity contribution >= 4 is 17.8 Å². The van der Waals surface area contributed by atoms with Crippen molar-refractivity contribution in [2.75, 3.05) is 0 Å². The van der Waals surface area contributed by atoms with E-state index in [4.69, 9.17) is 4.42 Å². The van der Waals surface area contributed by atoms with E-state index < -0.39 is 4.92 Å². The second kappa shape index (κ2) is 10.1. The van der Waals surface area contributed by atoms with Crippen molar-refractivity contribution in [1.82, 2.24) is 5.43 Å². The van der Waals surface area contributed by atoms with Crippen molar-refractivity contribution in [3.8, 4) is 11.3 Å². The molecule has 1 heterocycles. The van der Waals surface area contributed by atoms with Gasteiger partial charge in [0.25, 0.3) is 5.69 Å². The van der Waals surface area contributed by atoms with E-state index >= 15 is 0 Å². The van der Waals surface area contributed by atoms with Gasteiger partial charge in [0.1, 0.15) is 11.5 Å². The number of rotatable bonds is 10. The molecule has 0 unspecified atom stereocenters. The fourth-order valence-electron chi connectivity index (χ4n) is 2.44. The lowest BCUT2D eigenvalue weighted by atomic mass is 10.1. The van der Waals surface area contributed by atoms with Crippen LogP contribution in [0.5, 0.6) is 0 Å². The maximum absolute atomic E-state index is 11.7. The Morgan fingerprint density at radius 2 is 1.88 bits per heavy atom. The van der Waals surface area contributed by atoms with E-state index in [-0.39, 0.29) is 11.6 Å². The van der Waals surface area contributed by atoms with Gasteiger partial charge >= 0.3 is 0 Å². The number of amides is 1. The van der Waals surface area contributed by atoms with Crippen LogP contribution < -0.4 is 5.43 Å². The van der Waals surface area contributed by atoms with Crippen LogP contribution in [0.1, 0.15) is 51.2 Å². The van der Waals surface area contributed by atoms with Crippen molar-refractivity contribution in [3.05, 3.63) is 52.3 Å². The summed E-state index contributed by atoms with van der Waals surface area (Å²) in [6.45, 7) is 2.16. The average Bonchev–Trinajstić information content (AvgIpc) is 3.10. The highest BCUT2D eigenvalue weighted by Gasteiger charge is 2.08. The summed E-state index contributed by atoms with van der Waals surface area (Å²) >= 11 is 0. The summed E-state index contributed by atoms with van der Waals surface area (Å²) in [5.41, 5.74) is 3.24. The summed E-state index contributed by atoms with van der Waals surface area (Å²) < 4.78 is 5.61. The van der Waals surface area contributed by atoms with Gasteiger partial charge in [-0.2, -0.15) is 5.10 Å². The molecule has 1 N–H and O–H groups in total. The number of non-ortho nitro benzene ring substituents is 1. The van der Waals surface area contributed by atoms with E-state index in [1.807, 2.05) is 0 Å². The average molecular weight is 357 g/mol. The van der Waals surface area contributed by atoms with Gasteiger partial charge in [0.15, 0.2) is 0 Å². The van der Waals surface area contributed by atoms with Crippen molar-refractivity contribution in [2.45, 2.75) is 45.4 Å². The Morgan fingerprint density at radius 3 is 2.58 bits per heavy atom. The number of carbonyl (C=O) groups is 1. The standard InChI is InChI=1S/C19H23N3O4/c1-2-3-4-5-6-7-19(23)21-20-14-17-12-13-18(26-17)15-8-10-16(11-9-15)22(24)25/h8-14H,2-7H2,1H3,(H,21,23). The number of nitrogens with zero attached hydrogens (tertiary/aromatic N) is 2. The minimum atomic E-state index is -0.448. The van der Waals surface area contributed by atoms with Crippen LogP contribution in [0.2, 0.25) is 0 Å². The van der Waals surface area contributed by atoms with Gasteiger partial charge in [0.05, 0.1) is 11.1 Å². The van der Waals surface area contributed by atoms with Crippen LogP contribution >= 0.6 is 0 Å². The van der Waals surface area contributed by atoms with E-state index in [0.717, 1.165) is 24.8 Å². The van der Waals surface area contributed by atoms with Crippen molar-refractivity contribution in [3.63, 3.8) is 0 Å². The molecule has 0 saturated heterocycles. The topological polar surface area (TPSA) is 97.7 Å². The monoisotopic (exact) mass is 357 g/mol. The summed E-state index contributed by atoms with van der Waals surface area (Å²) in [5, 5.41) is 14.6. The number of unbranched alkanes of at least 4 members (excludes halogenated alkanes) is 4. The number of nitrogens with one attached hydrogen (secondary N) is 1. The van der Waals surface area contributed by atoms with Crippen molar-refractivity contribution < 1.29 is 14.1 Å². The number of hydrogen-bond acceptors (Lipinski definition) is 5. The van der Waals surface area contributed by atoms with Gasteiger partial charge in [-0.3, -0.25) is 14.9 Å². The van der Waals surface area contributed by atoms with Crippen LogP contribution in [-0.4, -0.2) is 17.0 Å². The first kappa shape index (κ1) is 19.4. The Kier molecular flexibility index (Phi) is 7.54. The lowest BCUT2D eigenvalue weighted by Crippen LogP contribution is -2.16. The number of carbonyl (C=O) groups excluding carboxylic acids is 1. The molecule has 0 aliphatic heterocycles. The highest BCUT2D eigenvalue weighted by Crippen LogP contribution is 2.23. The third-order valence-electron chi connectivity index (χ3n) is 3.88. The highest BCUT2D eigenvalue weighted by atomic mass is 16.6. The van der Waals surface area contributed by atoms with E-state index in [1.165, 1.54) is 31.2 Å². The Labute approximate surface area is 152 Å². The zero-order valence-electron chi connectivity index (χ0n) is 14.8. The van der Waals surface area contributed by atoms with Crippen LogP contribution in [0.25, 0.3) is 11.3 Å². The van der Waals surface area contributed by atoms with E-state index in [0.29, 0.717) is 17.9 Å². The minimum Gasteiger partial charge on any atom is -0.455 e. The van der Waals surface area contributed by atoms with Gasteiger partial charge < -0.3 is 4.42 Å². The van der Waals surface area contributed by atoms with E-state index in [9.17, 15) is 14.9 Å². The lowest BCUT2D eigenvalue weighted by Gasteiger charge is -1.99. The Hall–Kier alpha value is -2.96. The molecule has 0 aliphatic rings. The van der Waals surface area contributed by atoms with Gasteiger partial charge in [-0.15, -0.1) is 0 Å². The number of hydrogen-bond donors (Lipinski definition) is 1. The maximum Gasteiger partial charge on any atom is 0.269 e. The van der Waals surface area contributed by atoms with Gasteiger partial charge in [0.2, 0.25) is 5.91 Å². The summed E-state index contributed by atoms with van der Waals surface area (Å²) in [7, 11) is 0. The quantitative estimate of drug-likeness (QED) is 0.289. The third-order valence-corrected chi connectivity index (χ3v) is 3.88. The fourth-order valence-corrected chi connectivity index (χ4v) is 2.44. The third kappa shape index (κ3) is 6.16. The van der Waals surface area contributed by atoms with Crippen LogP contribution in [0.3, 0.4) is 0 Å². The van der Waals surface area contributed by atoms with Gasteiger partial charge in [-0.05, 0) is 30.7 Å². The molecule has 7 heteroatoms. The molecule has 2 aromatic rings. The summed E-state index contributed by atoms with van der Waals surface area (Å²) in [6, 6.07) is 9.56. The zero-order valence-corrected chi connectivity index (χ0v) is 14.8. The van der Waals surface area contributed by atoms with Crippen LogP contribution in [0, 0.1) is 10.1 Å². The predicted molar refractivity (Wildman–Crippen MR) is 99.9 cm³/mol. The predicted octanol–water partition coefficient (Wildman–Crippen LogP) is 4.67. The molecule has 2 rings (SSSR count). The van der Waals surface area contributed by atoms with Crippen LogP contribution in [0.15, 0.2) is 45.9 Å². The number of nitro groups is 1. The normalized spacial score (nSPS) is 11.0. The molecule has 0 saturated carbocycles. The first-order valence-corrected chi connectivity index (χ1v) is 8.76. The zero-order chi connectivity index (χ0) is 18.8. The molecule has 1 amide bonds. The molecule has 26 heavy (non-hydrogen) atoms. The van der Waals surface area contributed by atoms with Crippen LogP contribution in [0.4, 0.5) is 5.69 Å². The lowest BCUT2D eigenvalue weighted by molar-refractivity contribution is -0.384. The van der Waals surface area contributed by atoms with E-state index in [2.05, 4.69) is 17.5 Å². The Bertz CT molecular complexity index is 750. The first-order chi connectivity index (χ1) is 12.6. The fraction of sp³-hybridized carbons (Fsp3) is 0.368. The van der Waals surface area contributed by atoms with Crippen molar-refractivity contribution in [1.29, 1.82) is 0 Å². The highest BCUT2D eigenvalue weighted by molar-refractivity contribution is 5.81. The molecule has 7 nitrogen and oxygen atoms in total. The largest absolute Gasteiger partial charge is 0.455 e. The number of furan rings is 1. The maximum atomic E-state index is 11.7. The second-order valence-corrected chi connectivity index (χ2v) is 5.96. The summed E-state index contributed by atoms with van der Waals surface area (Å²) in [4.78, 5) is 21.9. The summed E-state index contributed by atoms with van der Waals surface area (Å²) in [6.07, 6.45) is 7.37. The van der Waals surface area contributed by atoms with Gasteiger partial charge in [0, 0.05) is 24.1 Å². The van der Waals surface area contributed by atoms with Crippen LogP contribution in [-0.2, 0) is 4.79 Å². The second-order valence-electron chi connectivity index (χ2n) is 5.96. The molecule has 138 valence electrons. The molecule has 0 radical (unpaired) electrons. The molecule has 1 aromatic carbocycles. The molecule has 0 atom stereocenters. The Balaban J connectivity index is 1.81. The smallest absolute Gasteiger partial charge is 0.269 e. The molecular formula is C19H23N3O4. The number of hydrazone groups is 1. The molecule has 0 bridgehead atoms. The number of nitro benzene ring substituents is 1. The molecule has 0 fully saturated rings. The SMILES string of the molecule is CCCCCCCC(=O)NN=Cc1ccc(-c2ccc([N+](=O)[O-])cc2)o1. The molecule has 0 aliphatic carbocycles. The minimum absolute atomic E-state index is 0.0273. The number of benzene rings is 1. The van der Waals surface area contributed by atoms with Crippen molar-refractivity contribution in [2.24, 2.45) is 5.10 Å². The van der Waals surface area contributed by atoms with Gasteiger partial charge in [-0.1, -0.05) is 32.6 Å². The summed E-state index contributed by atoms with van der Waals surface area (Å²) in [5.74, 6) is 0.949. The molecule has 0 spiro atoms. The molecular weight excluding hydrogens is 334 g/mol. The first-order valence-electron chi connectivity index (χ1n) is 8.76. The van der Waals surface area contributed by atoms with E-state index in [1.54, 1.807) is 24.3 Å². The molecule has 1 aromatic heterocycles. The van der Waals surface area contributed by atoms with Gasteiger partial charge in [-0.25, -0.2) is 5.43 Å².